The molecule has 2 rings (SSSR count). The lowest BCUT2D eigenvalue weighted by Gasteiger charge is -2.25. The Hall–Kier alpha value is -0.680. The predicted octanol–water partition coefficient (Wildman–Crippen LogP) is 0.712. The van der Waals surface area contributed by atoms with Crippen LogP contribution in [0.3, 0.4) is 0 Å². The maximum atomic E-state index is 5.74. The maximum Gasteiger partial charge on any atom is 0.204 e. The van der Waals surface area contributed by atoms with Crippen molar-refractivity contribution in [1.29, 1.82) is 0 Å². The first kappa shape index (κ1) is 8.90. The molecule has 1 aliphatic carbocycles. The molecule has 1 aromatic rings. The van der Waals surface area contributed by atoms with Crippen molar-refractivity contribution in [1.82, 2.24) is 9.36 Å². The number of aromatic nitrogens is 2. The third-order valence-corrected chi connectivity index (χ3v) is 3.31. The summed E-state index contributed by atoms with van der Waals surface area (Å²) in [6, 6.07) is 0.452. The van der Waals surface area contributed by atoms with Gasteiger partial charge in [-0.25, -0.2) is 4.98 Å². The van der Waals surface area contributed by atoms with E-state index in [0.717, 1.165) is 11.0 Å². The first-order valence-electron chi connectivity index (χ1n) is 4.52. The fourth-order valence-electron chi connectivity index (χ4n) is 1.61. The molecule has 1 heterocycles. The van der Waals surface area contributed by atoms with Gasteiger partial charge in [-0.1, -0.05) is 0 Å². The summed E-state index contributed by atoms with van der Waals surface area (Å²) in [7, 11) is 2.05. The molecule has 0 radical (unpaired) electrons. The first-order valence-corrected chi connectivity index (χ1v) is 5.30. The Morgan fingerprint density at radius 3 is 3.00 bits per heavy atom. The molecule has 13 heavy (non-hydrogen) atoms. The van der Waals surface area contributed by atoms with Gasteiger partial charge in [0.2, 0.25) is 5.13 Å². The molecule has 0 bridgehead atoms. The number of hydrogen-bond acceptors (Lipinski definition) is 5. The average molecular weight is 198 g/mol. The zero-order valence-corrected chi connectivity index (χ0v) is 8.50. The van der Waals surface area contributed by atoms with E-state index in [-0.39, 0.29) is 0 Å². The van der Waals surface area contributed by atoms with E-state index in [2.05, 4.69) is 21.3 Å². The second-order valence-corrected chi connectivity index (χ2v) is 4.23. The number of nitrogens with two attached hydrogens (primary N) is 1. The van der Waals surface area contributed by atoms with Crippen LogP contribution in [0.5, 0.6) is 0 Å². The highest BCUT2D eigenvalue weighted by Gasteiger charge is 2.33. The first-order chi connectivity index (χ1) is 6.33. The van der Waals surface area contributed by atoms with E-state index in [1.165, 1.54) is 24.4 Å². The van der Waals surface area contributed by atoms with E-state index < -0.39 is 0 Å². The van der Waals surface area contributed by atoms with Gasteiger partial charge < -0.3 is 10.6 Å². The van der Waals surface area contributed by atoms with Gasteiger partial charge in [-0.2, -0.15) is 4.37 Å². The Balaban J connectivity index is 2.05. The molecule has 1 fully saturated rings. The van der Waals surface area contributed by atoms with E-state index in [1.54, 1.807) is 6.33 Å². The van der Waals surface area contributed by atoms with Crippen molar-refractivity contribution < 1.29 is 0 Å². The van der Waals surface area contributed by atoms with Crippen LogP contribution in [-0.2, 0) is 0 Å². The quantitative estimate of drug-likeness (QED) is 0.774. The standard InChI is InChI=1S/C8H14N4S/c1-12(8-10-5-11-13-8)7(4-9)6-2-3-6/h5-7H,2-4,9H2,1H3. The summed E-state index contributed by atoms with van der Waals surface area (Å²) in [6.07, 6.45) is 4.22. The molecule has 0 saturated heterocycles. The molecule has 1 unspecified atom stereocenters. The van der Waals surface area contributed by atoms with Gasteiger partial charge in [0, 0.05) is 31.2 Å². The van der Waals surface area contributed by atoms with Gasteiger partial charge >= 0.3 is 0 Å². The normalized spacial score (nSPS) is 18.6. The molecule has 2 N–H and O–H groups in total. The van der Waals surface area contributed by atoms with Crippen molar-refractivity contribution in [2.45, 2.75) is 18.9 Å². The van der Waals surface area contributed by atoms with Gasteiger partial charge in [0.25, 0.3) is 0 Å². The van der Waals surface area contributed by atoms with Gasteiger partial charge in [0.15, 0.2) is 0 Å². The molecule has 0 spiro atoms. The van der Waals surface area contributed by atoms with Crippen LogP contribution in [-0.4, -0.2) is 29.0 Å². The van der Waals surface area contributed by atoms with E-state index in [1.807, 2.05) is 0 Å². The van der Waals surface area contributed by atoms with E-state index in [0.29, 0.717) is 12.6 Å². The number of anilines is 1. The molecule has 1 saturated carbocycles. The Kier molecular flexibility index (Phi) is 2.46. The minimum absolute atomic E-state index is 0.452. The lowest BCUT2D eigenvalue weighted by molar-refractivity contribution is 0.570. The van der Waals surface area contributed by atoms with Gasteiger partial charge in [0.05, 0.1) is 0 Å². The largest absolute Gasteiger partial charge is 0.345 e. The van der Waals surface area contributed by atoms with Crippen LogP contribution < -0.4 is 10.6 Å². The predicted molar refractivity (Wildman–Crippen MR) is 53.9 cm³/mol. The Labute approximate surface area is 81.9 Å². The highest BCUT2D eigenvalue weighted by molar-refractivity contribution is 7.09. The van der Waals surface area contributed by atoms with Crippen LogP contribution >= 0.6 is 11.5 Å². The fourth-order valence-corrected chi connectivity index (χ4v) is 2.16. The Morgan fingerprint density at radius 2 is 2.54 bits per heavy atom. The maximum absolute atomic E-state index is 5.74. The van der Waals surface area contributed by atoms with Crippen LogP contribution in [0.25, 0.3) is 0 Å². The highest BCUT2D eigenvalue weighted by atomic mass is 32.1. The summed E-state index contributed by atoms with van der Waals surface area (Å²) >= 11 is 1.43. The second-order valence-electron chi connectivity index (χ2n) is 3.48. The molecular weight excluding hydrogens is 184 g/mol. The molecule has 1 atom stereocenters. The van der Waals surface area contributed by atoms with Crippen LogP contribution in [0.2, 0.25) is 0 Å². The summed E-state index contributed by atoms with van der Waals surface area (Å²) < 4.78 is 3.99. The Morgan fingerprint density at radius 1 is 1.77 bits per heavy atom. The zero-order valence-electron chi connectivity index (χ0n) is 7.68. The van der Waals surface area contributed by atoms with Crippen LogP contribution in [0.4, 0.5) is 5.13 Å². The highest BCUT2D eigenvalue weighted by Crippen LogP contribution is 2.36. The lowest BCUT2D eigenvalue weighted by atomic mass is 10.2. The van der Waals surface area contributed by atoms with Crippen molar-refractivity contribution in [3.05, 3.63) is 6.33 Å². The molecule has 1 aromatic heterocycles. The van der Waals surface area contributed by atoms with Crippen molar-refractivity contribution >= 4 is 16.7 Å². The third kappa shape index (κ3) is 1.81. The number of rotatable bonds is 4. The SMILES string of the molecule is CN(c1ncns1)C(CN)C1CC1. The topological polar surface area (TPSA) is 55.0 Å². The van der Waals surface area contributed by atoms with Crippen LogP contribution in [0.1, 0.15) is 12.8 Å². The number of hydrogen-bond donors (Lipinski definition) is 1. The van der Waals surface area contributed by atoms with E-state index >= 15 is 0 Å². The molecule has 0 aromatic carbocycles. The van der Waals surface area contributed by atoms with E-state index in [4.69, 9.17) is 5.73 Å². The van der Waals surface area contributed by atoms with Crippen LogP contribution in [0, 0.1) is 5.92 Å². The van der Waals surface area contributed by atoms with Crippen molar-refractivity contribution in [2.24, 2.45) is 11.7 Å². The molecule has 0 aliphatic heterocycles. The summed E-state index contributed by atoms with van der Waals surface area (Å²) in [4.78, 5) is 6.34. The Bertz CT molecular complexity index is 257. The molecule has 4 nitrogen and oxygen atoms in total. The minimum atomic E-state index is 0.452. The van der Waals surface area contributed by atoms with E-state index in [9.17, 15) is 0 Å². The van der Waals surface area contributed by atoms with Gasteiger partial charge in [0.1, 0.15) is 6.33 Å². The van der Waals surface area contributed by atoms with Crippen molar-refractivity contribution in [2.75, 3.05) is 18.5 Å². The molecule has 5 heteroatoms. The summed E-state index contributed by atoms with van der Waals surface area (Å²) in [5.74, 6) is 0.777. The average Bonchev–Trinajstić information content (AvgIpc) is 2.83. The van der Waals surface area contributed by atoms with Crippen LogP contribution in [0.15, 0.2) is 6.33 Å². The summed E-state index contributed by atoms with van der Waals surface area (Å²) in [5, 5.41) is 0.974. The van der Waals surface area contributed by atoms with Gasteiger partial charge in [-0.05, 0) is 18.8 Å². The minimum Gasteiger partial charge on any atom is -0.345 e. The van der Waals surface area contributed by atoms with Gasteiger partial charge in [-0.15, -0.1) is 0 Å². The molecule has 0 amide bonds. The van der Waals surface area contributed by atoms with Crippen molar-refractivity contribution in [3.63, 3.8) is 0 Å². The third-order valence-electron chi connectivity index (χ3n) is 2.56. The smallest absolute Gasteiger partial charge is 0.204 e. The monoisotopic (exact) mass is 198 g/mol. The second kappa shape index (κ2) is 3.59. The zero-order chi connectivity index (χ0) is 9.26. The van der Waals surface area contributed by atoms with Crippen molar-refractivity contribution in [3.8, 4) is 0 Å². The van der Waals surface area contributed by atoms with Gasteiger partial charge in [-0.3, -0.25) is 0 Å². The molecule has 1 aliphatic rings. The number of nitrogens with zero attached hydrogens (tertiary/aromatic N) is 3. The summed E-state index contributed by atoms with van der Waals surface area (Å²) in [5.41, 5.74) is 5.74. The molecule has 72 valence electrons. The molecular formula is C8H14N4S. The fraction of sp³-hybridized carbons (Fsp3) is 0.750. The lowest BCUT2D eigenvalue weighted by Crippen LogP contribution is -2.39. The number of likely N-dealkylation sites (N-methyl/N-ethyl adjacent to an activating group) is 1. The summed E-state index contributed by atoms with van der Waals surface area (Å²) in [6.45, 7) is 0.709.